The second-order valence-corrected chi connectivity index (χ2v) is 8.29. The second kappa shape index (κ2) is 7.77. The van der Waals surface area contributed by atoms with Gasteiger partial charge in [0.1, 0.15) is 0 Å². The molecule has 3 rings (SSSR count). The van der Waals surface area contributed by atoms with Crippen LogP contribution in [-0.4, -0.2) is 22.5 Å². The van der Waals surface area contributed by atoms with Crippen LogP contribution >= 0.6 is 34.7 Å². The van der Waals surface area contributed by atoms with E-state index in [0.717, 1.165) is 22.6 Å². The highest BCUT2D eigenvalue weighted by Crippen LogP contribution is 2.24. The number of nitrogens with zero attached hydrogens (tertiary/aromatic N) is 2. The lowest BCUT2D eigenvalue weighted by Gasteiger charge is -2.05. The van der Waals surface area contributed by atoms with Gasteiger partial charge in [-0.2, -0.15) is 16.8 Å². The molecule has 0 aliphatic carbocycles. The molecule has 130 valence electrons. The van der Waals surface area contributed by atoms with E-state index in [1.165, 1.54) is 15.8 Å². The van der Waals surface area contributed by atoms with E-state index in [-0.39, 0.29) is 5.91 Å². The smallest absolute Gasteiger partial charge is 0.279 e. The van der Waals surface area contributed by atoms with Crippen molar-refractivity contribution in [1.29, 1.82) is 0 Å². The standard InChI is InChI=1S/C19H19ClN2OS2/c1-12-9-13(2)17-16(10-12)22(7-8-24-3)19(25-17)21-18(23)14-5-4-6-15(20)11-14/h4-6,9-11H,7-8H2,1-3H3. The molecule has 2 aromatic carbocycles. The van der Waals surface area contributed by atoms with Crippen LogP contribution in [0.5, 0.6) is 0 Å². The highest BCUT2D eigenvalue weighted by atomic mass is 35.5. The second-order valence-electron chi connectivity index (χ2n) is 5.89. The molecule has 25 heavy (non-hydrogen) atoms. The molecular weight excluding hydrogens is 372 g/mol. The van der Waals surface area contributed by atoms with Crippen molar-refractivity contribution in [2.24, 2.45) is 4.99 Å². The average molecular weight is 391 g/mol. The van der Waals surface area contributed by atoms with E-state index in [2.05, 4.69) is 41.8 Å². The fourth-order valence-corrected chi connectivity index (χ4v) is 4.43. The Morgan fingerprint density at radius 1 is 1.28 bits per heavy atom. The summed E-state index contributed by atoms with van der Waals surface area (Å²) in [5.41, 5.74) is 4.09. The van der Waals surface area contributed by atoms with Gasteiger partial charge in [-0.3, -0.25) is 4.79 Å². The fraction of sp³-hybridized carbons (Fsp3) is 0.263. The number of fused-ring (bicyclic) bond motifs is 1. The Kier molecular flexibility index (Phi) is 5.67. The van der Waals surface area contributed by atoms with Gasteiger partial charge in [-0.1, -0.05) is 35.1 Å². The van der Waals surface area contributed by atoms with Crippen LogP contribution in [0.25, 0.3) is 10.2 Å². The van der Waals surface area contributed by atoms with Crippen LogP contribution in [0.3, 0.4) is 0 Å². The molecule has 0 unspecified atom stereocenters. The van der Waals surface area contributed by atoms with E-state index >= 15 is 0 Å². The van der Waals surface area contributed by atoms with Gasteiger partial charge in [-0.05, 0) is 55.5 Å². The van der Waals surface area contributed by atoms with Crippen LogP contribution in [0, 0.1) is 13.8 Å². The molecule has 1 aromatic heterocycles. The Labute approximate surface area is 160 Å². The number of carbonyl (C=O) groups is 1. The SMILES string of the molecule is CSCCn1c(=NC(=O)c2cccc(Cl)c2)sc2c(C)cc(C)cc21. The summed E-state index contributed by atoms with van der Waals surface area (Å²) in [5.74, 6) is 0.707. The van der Waals surface area contributed by atoms with Crippen molar-refractivity contribution in [3.8, 4) is 0 Å². The molecule has 0 aliphatic heterocycles. The number of amides is 1. The number of hydrogen-bond acceptors (Lipinski definition) is 3. The maximum absolute atomic E-state index is 12.6. The van der Waals surface area contributed by atoms with E-state index in [9.17, 15) is 4.79 Å². The molecule has 0 fully saturated rings. The van der Waals surface area contributed by atoms with Crippen LogP contribution < -0.4 is 4.80 Å². The molecular formula is C19H19ClN2OS2. The Bertz CT molecular complexity index is 1000. The lowest BCUT2D eigenvalue weighted by molar-refractivity contribution is 0.0998. The molecule has 0 atom stereocenters. The number of carbonyl (C=O) groups excluding carboxylic acids is 1. The first-order valence-electron chi connectivity index (χ1n) is 7.94. The molecule has 0 saturated heterocycles. The van der Waals surface area contributed by atoms with Crippen molar-refractivity contribution in [3.63, 3.8) is 0 Å². The molecule has 6 heteroatoms. The third-order valence-corrected chi connectivity index (χ3v) is 5.96. The van der Waals surface area contributed by atoms with Crippen LogP contribution in [0.4, 0.5) is 0 Å². The van der Waals surface area contributed by atoms with Gasteiger partial charge >= 0.3 is 0 Å². The van der Waals surface area contributed by atoms with Crippen LogP contribution in [0.1, 0.15) is 21.5 Å². The number of hydrogen-bond donors (Lipinski definition) is 0. The zero-order valence-electron chi connectivity index (χ0n) is 14.4. The minimum absolute atomic E-state index is 0.263. The maximum atomic E-state index is 12.6. The Morgan fingerprint density at radius 2 is 2.08 bits per heavy atom. The zero-order chi connectivity index (χ0) is 18.0. The highest BCUT2D eigenvalue weighted by molar-refractivity contribution is 7.98. The van der Waals surface area contributed by atoms with Gasteiger partial charge in [0.05, 0.1) is 10.2 Å². The average Bonchev–Trinajstić information content (AvgIpc) is 2.90. The largest absolute Gasteiger partial charge is 0.315 e. The van der Waals surface area contributed by atoms with Gasteiger partial charge in [0, 0.05) is 22.9 Å². The summed E-state index contributed by atoms with van der Waals surface area (Å²) in [4.78, 5) is 17.7. The van der Waals surface area contributed by atoms with Crippen LogP contribution in [-0.2, 0) is 6.54 Å². The molecule has 0 bridgehead atoms. The number of halogens is 1. The van der Waals surface area contributed by atoms with E-state index in [4.69, 9.17) is 11.6 Å². The van der Waals surface area contributed by atoms with Crippen molar-refractivity contribution >= 4 is 50.8 Å². The summed E-state index contributed by atoms with van der Waals surface area (Å²) in [6, 6.07) is 11.3. The van der Waals surface area contributed by atoms with Crippen molar-refractivity contribution < 1.29 is 4.79 Å². The predicted octanol–water partition coefficient (Wildman–Crippen LogP) is 5.08. The zero-order valence-corrected chi connectivity index (χ0v) is 16.8. The highest BCUT2D eigenvalue weighted by Gasteiger charge is 2.11. The molecule has 1 heterocycles. The normalized spacial score (nSPS) is 12.1. The number of aromatic nitrogens is 1. The van der Waals surface area contributed by atoms with Gasteiger partial charge in [0.25, 0.3) is 5.91 Å². The Morgan fingerprint density at radius 3 is 2.80 bits per heavy atom. The summed E-state index contributed by atoms with van der Waals surface area (Å²) in [5, 5.41) is 0.541. The summed E-state index contributed by atoms with van der Waals surface area (Å²) in [7, 11) is 0. The Balaban J connectivity index is 2.17. The van der Waals surface area contributed by atoms with Gasteiger partial charge < -0.3 is 4.57 Å². The summed E-state index contributed by atoms with van der Waals surface area (Å²) in [6.45, 7) is 5.02. The minimum atomic E-state index is -0.263. The molecule has 3 nitrogen and oxygen atoms in total. The lowest BCUT2D eigenvalue weighted by atomic mass is 10.1. The number of thiazole rings is 1. The maximum Gasteiger partial charge on any atom is 0.279 e. The third kappa shape index (κ3) is 4.00. The molecule has 0 saturated carbocycles. The van der Waals surface area contributed by atoms with Gasteiger partial charge in [-0.25, -0.2) is 0 Å². The van der Waals surface area contributed by atoms with Gasteiger partial charge in [0.15, 0.2) is 4.80 Å². The van der Waals surface area contributed by atoms with E-state index < -0.39 is 0 Å². The minimum Gasteiger partial charge on any atom is -0.315 e. The first-order chi connectivity index (χ1) is 12.0. The molecule has 0 N–H and O–H groups in total. The topological polar surface area (TPSA) is 34.4 Å². The first-order valence-corrected chi connectivity index (χ1v) is 10.5. The van der Waals surface area contributed by atoms with Crippen molar-refractivity contribution in [1.82, 2.24) is 4.57 Å². The van der Waals surface area contributed by atoms with Crippen molar-refractivity contribution in [2.45, 2.75) is 20.4 Å². The summed E-state index contributed by atoms with van der Waals surface area (Å²) < 4.78 is 3.34. The molecule has 1 amide bonds. The van der Waals surface area contributed by atoms with E-state index in [0.29, 0.717) is 10.6 Å². The van der Waals surface area contributed by atoms with E-state index in [1.807, 2.05) is 0 Å². The van der Waals surface area contributed by atoms with Crippen molar-refractivity contribution in [2.75, 3.05) is 12.0 Å². The number of rotatable bonds is 4. The van der Waals surface area contributed by atoms with Crippen LogP contribution in [0.2, 0.25) is 5.02 Å². The monoisotopic (exact) mass is 390 g/mol. The number of thioether (sulfide) groups is 1. The predicted molar refractivity (Wildman–Crippen MR) is 109 cm³/mol. The summed E-state index contributed by atoms with van der Waals surface area (Å²) >= 11 is 9.35. The molecule has 0 spiro atoms. The molecule has 0 radical (unpaired) electrons. The number of aryl methyl sites for hydroxylation is 3. The molecule has 3 aromatic rings. The number of benzene rings is 2. The Hall–Kier alpha value is -1.56. The van der Waals surface area contributed by atoms with Gasteiger partial charge in [0.2, 0.25) is 0 Å². The summed E-state index contributed by atoms with van der Waals surface area (Å²) in [6.07, 6.45) is 2.08. The van der Waals surface area contributed by atoms with E-state index in [1.54, 1.807) is 47.4 Å². The fourth-order valence-electron chi connectivity index (χ4n) is 2.77. The van der Waals surface area contributed by atoms with Gasteiger partial charge in [-0.15, -0.1) is 0 Å². The third-order valence-electron chi connectivity index (χ3n) is 3.90. The molecule has 0 aliphatic rings. The first kappa shape index (κ1) is 18.2. The van der Waals surface area contributed by atoms with Crippen LogP contribution in [0.15, 0.2) is 41.4 Å². The lowest BCUT2D eigenvalue weighted by Crippen LogP contribution is -2.18. The van der Waals surface area contributed by atoms with Crippen molar-refractivity contribution in [3.05, 3.63) is 62.9 Å². The quantitative estimate of drug-likeness (QED) is 0.622.